The molecular weight excluding hydrogens is 651 g/mol. The fraction of sp³-hybridized carbons (Fsp3) is 0.429. The van der Waals surface area contributed by atoms with Gasteiger partial charge in [-0.2, -0.15) is 13.2 Å². The summed E-state index contributed by atoms with van der Waals surface area (Å²) in [5, 5.41) is 2.85. The van der Waals surface area contributed by atoms with Gasteiger partial charge in [0.2, 0.25) is 0 Å². The Balaban J connectivity index is 1.08. The molecule has 11 nitrogen and oxygen atoms in total. The molecule has 0 aliphatic carbocycles. The van der Waals surface area contributed by atoms with Crippen molar-refractivity contribution in [2.75, 3.05) is 97.8 Å². The van der Waals surface area contributed by atoms with Crippen molar-refractivity contribution in [2.24, 2.45) is 0 Å². The number of halogens is 3. The molecule has 0 atom stereocenters. The maximum atomic E-state index is 13.0. The predicted octanol–water partition coefficient (Wildman–Crippen LogP) is 5.56. The van der Waals surface area contributed by atoms with Gasteiger partial charge in [-0.1, -0.05) is 36.4 Å². The molecule has 0 radical (unpaired) electrons. The van der Waals surface area contributed by atoms with Crippen LogP contribution in [0.5, 0.6) is 0 Å². The van der Waals surface area contributed by atoms with Crippen molar-refractivity contribution >= 4 is 23.3 Å². The van der Waals surface area contributed by atoms with E-state index in [4.69, 9.17) is 37.9 Å². The minimum absolute atomic E-state index is 0.00711. The van der Waals surface area contributed by atoms with Gasteiger partial charge >= 0.3 is 18.1 Å². The van der Waals surface area contributed by atoms with Gasteiger partial charge < -0.3 is 43.2 Å². The molecule has 0 fully saturated rings. The number of rotatable bonds is 25. The number of hydrogen-bond donors (Lipinski definition) is 1. The molecule has 0 unspecified atom stereocenters. The molecule has 0 aliphatic heterocycles. The van der Waals surface area contributed by atoms with Crippen molar-refractivity contribution in [1.82, 2.24) is 0 Å². The molecule has 3 aromatic carbocycles. The molecule has 0 saturated heterocycles. The van der Waals surface area contributed by atoms with E-state index in [1.54, 1.807) is 42.5 Å². The van der Waals surface area contributed by atoms with Crippen molar-refractivity contribution in [3.8, 4) is 0 Å². The first-order valence-corrected chi connectivity index (χ1v) is 15.7. The Hall–Kier alpha value is -4.05. The Morgan fingerprint density at radius 3 is 1.47 bits per heavy atom. The van der Waals surface area contributed by atoms with Crippen LogP contribution in [0.25, 0.3) is 0 Å². The van der Waals surface area contributed by atoms with Crippen LogP contribution in [0, 0.1) is 0 Å². The Labute approximate surface area is 283 Å². The highest BCUT2D eigenvalue weighted by Crippen LogP contribution is 2.32. The third kappa shape index (κ3) is 16.8. The second kappa shape index (κ2) is 23.3. The van der Waals surface area contributed by atoms with Crippen LogP contribution in [0.4, 0.5) is 24.5 Å². The summed E-state index contributed by atoms with van der Waals surface area (Å²) in [6.45, 7) is 4.45. The van der Waals surface area contributed by atoms with Crippen molar-refractivity contribution in [1.29, 1.82) is 0 Å². The van der Waals surface area contributed by atoms with Crippen LogP contribution in [0.2, 0.25) is 0 Å². The molecule has 0 heterocycles. The molecule has 0 aromatic heterocycles. The molecule has 0 amide bonds. The lowest BCUT2D eigenvalue weighted by Crippen LogP contribution is -2.16. The summed E-state index contributed by atoms with van der Waals surface area (Å²) in [5.74, 6) is -1.01. The summed E-state index contributed by atoms with van der Waals surface area (Å²) >= 11 is 0. The van der Waals surface area contributed by atoms with Gasteiger partial charge in [0.15, 0.2) is 0 Å². The number of carbonyl (C=O) groups is 2. The zero-order valence-corrected chi connectivity index (χ0v) is 27.1. The lowest BCUT2D eigenvalue weighted by atomic mass is 10.1. The lowest BCUT2D eigenvalue weighted by Gasteiger charge is -2.13. The standard InChI is InChI=1S/C35H42F3NO10/c36-35(37,38)29-9-6-10-30(27-29)39-32-12-5-4-11-31(32)34(41)49-26-24-47-22-20-45-18-16-43-14-13-42-15-17-44-19-21-46-23-25-48-33(40)28-7-2-1-3-8-28/h1-12,27,39H,13-26H2. The molecular formula is C35H42F3NO10. The molecule has 3 aromatic rings. The Morgan fingerprint density at radius 1 is 0.510 bits per heavy atom. The maximum absolute atomic E-state index is 13.0. The monoisotopic (exact) mass is 693 g/mol. The summed E-state index contributed by atoms with van der Waals surface area (Å²) in [7, 11) is 0. The highest BCUT2D eigenvalue weighted by Gasteiger charge is 2.30. The second-order valence-electron chi connectivity index (χ2n) is 10.1. The fourth-order valence-corrected chi connectivity index (χ4v) is 4.02. The van der Waals surface area contributed by atoms with Crippen LogP contribution in [0.15, 0.2) is 78.9 Å². The number of nitrogens with one attached hydrogen (secondary N) is 1. The number of hydrogen-bond acceptors (Lipinski definition) is 11. The molecule has 1 N–H and O–H groups in total. The Kier molecular flexibility index (Phi) is 18.8. The van der Waals surface area contributed by atoms with Gasteiger partial charge in [0.05, 0.1) is 102 Å². The molecule has 0 aliphatic rings. The van der Waals surface area contributed by atoms with Crippen LogP contribution in [-0.4, -0.2) is 104 Å². The van der Waals surface area contributed by atoms with Crippen molar-refractivity contribution in [3.05, 3.63) is 95.6 Å². The average molecular weight is 694 g/mol. The number of para-hydroxylation sites is 1. The molecule has 0 bridgehead atoms. The molecule has 49 heavy (non-hydrogen) atoms. The third-order valence-electron chi connectivity index (χ3n) is 6.41. The minimum Gasteiger partial charge on any atom is -0.460 e. The van der Waals surface area contributed by atoms with Crippen molar-refractivity contribution in [3.63, 3.8) is 0 Å². The highest BCUT2D eigenvalue weighted by molar-refractivity contribution is 5.96. The number of benzene rings is 3. The van der Waals surface area contributed by atoms with Crippen molar-refractivity contribution < 1.29 is 60.7 Å². The quantitative estimate of drug-likeness (QED) is 0.0887. The van der Waals surface area contributed by atoms with Crippen LogP contribution in [-0.2, 0) is 44.1 Å². The van der Waals surface area contributed by atoms with Crippen LogP contribution in [0.3, 0.4) is 0 Å². The summed E-state index contributed by atoms with van der Waals surface area (Å²) in [6, 6.07) is 19.9. The van der Waals surface area contributed by atoms with Gasteiger partial charge in [-0.25, -0.2) is 9.59 Å². The SMILES string of the molecule is O=C(OCCOCCOCCOCCOCCOCCOCCOC(=O)c1ccccc1Nc1cccc(C(F)(F)F)c1)c1ccccc1. The van der Waals surface area contributed by atoms with Crippen LogP contribution >= 0.6 is 0 Å². The summed E-state index contributed by atoms with van der Waals surface area (Å²) < 4.78 is 82.0. The largest absolute Gasteiger partial charge is 0.460 e. The van der Waals surface area contributed by atoms with E-state index in [9.17, 15) is 22.8 Å². The van der Waals surface area contributed by atoms with E-state index in [0.29, 0.717) is 83.9 Å². The molecule has 3 rings (SSSR count). The minimum atomic E-state index is -4.48. The number of carbonyl (C=O) groups excluding carboxylic acids is 2. The number of esters is 2. The Morgan fingerprint density at radius 2 is 0.959 bits per heavy atom. The van der Waals surface area contributed by atoms with E-state index in [0.717, 1.165) is 12.1 Å². The first-order valence-electron chi connectivity index (χ1n) is 15.7. The average Bonchev–Trinajstić information content (AvgIpc) is 3.10. The molecule has 268 valence electrons. The van der Waals surface area contributed by atoms with E-state index < -0.39 is 17.7 Å². The third-order valence-corrected chi connectivity index (χ3v) is 6.41. The summed E-state index contributed by atoms with van der Waals surface area (Å²) in [4.78, 5) is 24.4. The van der Waals surface area contributed by atoms with E-state index in [-0.39, 0.29) is 37.0 Å². The second-order valence-corrected chi connectivity index (χ2v) is 10.1. The fourth-order valence-electron chi connectivity index (χ4n) is 4.02. The highest BCUT2D eigenvalue weighted by atomic mass is 19.4. The predicted molar refractivity (Wildman–Crippen MR) is 173 cm³/mol. The summed E-state index contributed by atoms with van der Waals surface area (Å²) in [6.07, 6.45) is -4.48. The smallest absolute Gasteiger partial charge is 0.416 e. The molecule has 14 heteroatoms. The summed E-state index contributed by atoms with van der Waals surface area (Å²) in [5.41, 5.74) is 0.397. The zero-order valence-electron chi connectivity index (χ0n) is 27.1. The lowest BCUT2D eigenvalue weighted by molar-refractivity contribution is -0.137. The van der Waals surface area contributed by atoms with Gasteiger partial charge in [0, 0.05) is 5.69 Å². The van der Waals surface area contributed by atoms with E-state index in [2.05, 4.69) is 5.32 Å². The van der Waals surface area contributed by atoms with Gasteiger partial charge in [0.1, 0.15) is 13.2 Å². The van der Waals surface area contributed by atoms with Gasteiger partial charge in [0.25, 0.3) is 0 Å². The van der Waals surface area contributed by atoms with Crippen molar-refractivity contribution in [2.45, 2.75) is 6.18 Å². The number of ether oxygens (including phenoxy) is 8. The van der Waals surface area contributed by atoms with Gasteiger partial charge in [-0.05, 0) is 42.5 Å². The van der Waals surface area contributed by atoms with E-state index in [1.165, 1.54) is 18.2 Å². The first-order chi connectivity index (χ1) is 23.8. The number of anilines is 2. The first kappa shape index (κ1) is 39.4. The van der Waals surface area contributed by atoms with Crippen LogP contribution in [0.1, 0.15) is 26.3 Å². The maximum Gasteiger partial charge on any atom is 0.416 e. The van der Waals surface area contributed by atoms with Gasteiger partial charge in [-0.15, -0.1) is 0 Å². The topological polar surface area (TPSA) is 120 Å². The van der Waals surface area contributed by atoms with Gasteiger partial charge in [-0.3, -0.25) is 0 Å². The normalized spacial score (nSPS) is 11.3. The van der Waals surface area contributed by atoms with Crippen LogP contribution < -0.4 is 5.32 Å². The molecule has 0 saturated carbocycles. The number of alkyl halides is 3. The van der Waals surface area contributed by atoms with E-state index in [1.807, 2.05) is 6.07 Å². The Bertz CT molecular complexity index is 1360. The zero-order chi connectivity index (χ0) is 35.0. The molecule has 0 spiro atoms. The van der Waals surface area contributed by atoms with E-state index >= 15 is 0 Å².